The minimum Gasteiger partial charge on any atom is -0.396 e. The fraction of sp³-hybridized carbons (Fsp3) is 0.714. The van der Waals surface area contributed by atoms with Crippen molar-refractivity contribution in [2.24, 2.45) is 0 Å². The van der Waals surface area contributed by atoms with Gasteiger partial charge in [0.2, 0.25) is 5.95 Å². The van der Waals surface area contributed by atoms with Crippen LogP contribution in [0.4, 0.5) is 5.95 Å². The first-order chi connectivity index (χ1) is 9.20. The highest BCUT2D eigenvalue weighted by atomic mass is 16.3. The third kappa shape index (κ3) is 3.88. The van der Waals surface area contributed by atoms with Crippen molar-refractivity contribution in [1.82, 2.24) is 14.9 Å². The van der Waals surface area contributed by atoms with Gasteiger partial charge < -0.3 is 14.9 Å². The lowest BCUT2D eigenvalue weighted by Gasteiger charge is -2.29. The quantitative estimate of drug-likeness (QED) is 0.863. The van der Waals surface area contributed by atoms with Gasteiger partial charge in [0, 0.05) is 39.1 Å². The fourth-order valence-electron chi connectivity index (χ4n) is 2.59. The molecule has 5 nitrogen and oxygen atoms in total. The number of nitrogens with zero attached hydrogens (tertiary/aromatic N) is 4. The van der Waals surface area contributed by atoms with Gasteiger partial charge in [-0.2, -0.15) is 0 Å². The van der Waals surface area contributed by atoms with Crippen LogP contribution < -0.4 is 4.90 Å². The summed E-state index contributed by atoms with van der Waals surface area (Å²) in [4.78, 5) is 13.2. The second-order valence-electron chi connectivity index (χ2n) is 5.42. The maximum absolute atomic E-state index is 8.83. The van der Waals surface area contributed by atoms with Crippen molar-refractivity contribution in [3.63, 3.8) is 0 Å². The average Bonchev–Trinajstić information content (AvgIpc) is 2.45. The highest BCUT2D eigenvalue weighted by molar-refractivity contribution is 5.29. The molecule has 1 atom stereocenters. The fourth-order valence-corrected chi connectivity index (χ4v) is 2.59. The van der Waals surface area contributed by atoms with Crippen molar-refractivity contribution in [3.05, 3.63) is 18.0 Å². The Hall–Kier alpha value is -1.20. The van der Waals surface area contributed by atoms with E-state index in [1.807, 2.05) is 24.3 Å². The van der Waals surface area contributed by atoms with E-state index in [0.717, 1.165) is 25.5 Å². The lowest BCUT2D eigenvalue weighted by molar-refractivity contribution is 0.250. The maximum atomic E-state index is 8.83. The van der Waals surface area contributed by atoms with Gasteiger partial charge in [0.1, 0.15) is 0 Å². The Bertz CT molecular complexity index is 382. The van der Waals surface area contributed by atoms with Gasteiger partial charge in [0.25, 0.3) is 0 Å². The number of likely N-dealkylation sites (tertiary alicyclic amines) is 1. The van der Waals surface area contributed by atoms with Crippen molar-refractivity contribution in [2.45, 2.75) is 25.2 Å². The van der Waals surface area contributed by atoms with E-state index in [0.29, 0.717) is 5.92 Å². The minimum atomic E-state index is 0.205. The van der Waals surface area contributed by atoms with E-state index in [1.54, 1.807) is 0 Å². The van der Waals surface area contributed by atoms with Crippen LogP contribution in [0.2, 0.25) is 0 Å². The molecule has 0 radical (unpaired) electrons. The van der Waals surface area contributed by atoms with Crippen molar-refractivity contribution in [3.8, 4) is 0 Å². The van der Waals surface area contributed by atoms with Gasteiger partial charge in [-0.15, -0.1) is 0 Å². The van der Waals surface area contributed by atoms with Gasteiger partial charge in [-0.25, -0.2) is 9.97 Å². The van der Waals surface area contributed by atoms with Crippen LogP contribution >= 0.6 is 0 Å². The van der Waals surface area contributed by atoms with E-state index in [-0.39, 0.29) is 6.61 Å². The molecule has 0 aliphatic carbocycles. The van der Waals surface area contributed by atoms with E-state index in [4.69, 9.17) is 5.11 Å². The second kappa shape index (κ2) is 6.82. The largest absolute Gasteiger partial charge is 0.396 e. The molecule has 0 amide bonds. The van der Waals surface area contributed by atoms with Crippen molar-refractivity contribution < 1.29 is 5.11 Å². The number of anilines is 1. The summed E-state index contributed by atoms with van der Waals surface area (Å²) < 4.78 is 0. The lowest BCUT2D eigenvalue weighted by atomic mass is 9.93. The molecule has 0 aromatic carbocycles. The number of rotatable bonds is 5. The topological polar surface area (TPSA) is 52.5 Å². The lowest BCUT2D eigenvalue weighted by Crippen LogP contribution is -2.31. The van der Waals surface area contributed by atoms with Crippen molar-refractivity contribution >= 4 is 5.95 Å². The molecule has 1 unspecified atom stereocenters. The standard InChI is InChI=1S/C14H24N4O/c1-17-6-3-5-12(11-17)13-9-15-14(16-10-13)18(2)7-4-8-19/h9-10,12,19H,3-8,11H2,1-2H3. The number of aliphatic hydroxyl groups is 1. The SMILES string of the molecule is CN1CCCC(c2cnc(N(C)CCCO)nc2)C1. The first-order valence-electron chi connectivity index (χ1n) is 7.03. The minimum absolute atomic E-state index is 0.205. The third-order valence-corrected chi connectivity index (χ3v) is 3.75. The monoisotopic (exact) mass is 264 g/mol. The Balaban J connectivity index is 1.97. The van der Waals surface area contributed by atoms with Crippen molar-refractivity contribution in [1.29, 1.82) is 0 Å². The predicted octanol–water partition coefficient (Wildman–Crippen LogP) is 1.10. The molecule has 1 aromatic heterocycles. The first-order valence-corrected chi connectivity index (χ1v) is 7.03. The number of aliphatic hydroxyl groups excluding tert-OH is 1. The smallest absolute Gasteiger partial charge is 0.224 e. The van der Waals surface area contributed by atoms with Gasteiger partial charge in [-0.3, -0.25) is 0 Å². The normalized spacial score (nSPS) is 20.5. The van der Waals surface area contributed by atoms with E-state index >= 15 is 0 Å². The molecule has 5 heteroatoms. The van der Waals surface area contributed by atoms with Crippen LogP contribution in [-0.4, -0.2) is 60.3 Å². The van der Waals surface area contributed by atoms with Gasteiger partial charge in [0.15, 0.2) is 0 Å². The van der Waals surface area contributed by atoms with E-state index < -0.39 is 0 Å². The highest BCUT2D eigenvalue weighted by Crippen LogP contribution is 2.25. The summed E-state index contributed by atoms with van der Waals surface area (Å²) >= 11 is 0. The number of hydrogen-bond donors (Lipinski definition) is 1. The zero-order valence-corrected chi connectivity index (χ0v) is 11.9. The van der Waals surface area contributed by atoms with E-state index in [2.05, 4.69) is 21.9 Å². The summed E-state index contributed by atoms with van der Waals surface area (Å²) in [5.74, 6) is 1.30. The number of piperidine rings is 1. The van der Waals surface area contributed by atoms with E-state index in [1.165, 1.54) is 24.9 Å². The average molecular weight is 264 g/mol. The molecular weight excluding hydrogens is 240 g/mol. The van der Waals surface area contributed by atoms with Crippen LogP contribution in [0.5, 0.6) is 0 Å². The molecule has 2 heterocycles. The Kier molecular flexibility index (Phi) is 5.10. The molecule has 1 N–H and O–H groups in total. The molecule has 1 aliphatic rings. The molecule has 1 aromatic rings. The Morgan fingerprint density at radius 3 is 2.79 bits per heavy atom. The zero-order valence-electron chi connectivity index (χ0n) is 11.9. The molecule has 106 valence electrons. The van der Waals surface area contributed by atoms with Crippen molar-refractivity contribution in [2.75, 3.05) is 45.2 Å². The molecule has 0 saturated carbocycles. The number of likely N-dealkylation sites (N-methyl/N-ethyl adjacent to an activating group) is 1. The second-order valence-corrected chi connectivity index (χ2v) is 5.42. The van der Waals surface area contributed by atoms with Crippen LogP contribution in [0.3, 0.4) is 0 Å². The summed E-state index contributed by atoms with van der Waals surface area (Å²) in [5.41, 5.74) is 1.24. The summed E-state index contributed by atoms with van der Waals surface area (Å²) in [5, 5.41) is 8.83. The summed E-state index contributed by atoms with van der Waals surface area (Å²) in [6.45, 7) is 3.28. The molecule has 1 saturated heterocycles. The Morgan fingerprint density at radius 2 is 2.16 bits per heavy atom. The zero-order chi connectivity index (χ0) is 13.7. The number of aromatic nitrogens is 2. The molecule has 19 heavy (non-hydrogen) atoms. The van der Waals surface area contributed by atoms with Gasteiger partial charge in [0.05, 0.1) is 0 Å². The molecule has 0 spiro atoms. The Morgan fingerprint density at radius 1 is 1.42 bits per heavy atom. The maximum Gasteiger partial charge on any atom is 0.224 e. The molecule has 1 fully saturated rings. The third-order valence-electron chi connectivity index (χ3n) is 3.75. The van der Waals surface area contributed by atoms with Crippen LogP contribution in [0, 0.1) is 0 Å². The van der Waals surface area contributed by atoms with Gasteiger partial charge >= 0.3 is 0 Å². The molecule has 0 bridgehead atoms. The highest BCUT2D eigenvalue weighted by Gasteiger charge is 2.19. The van der Waals surface area contributed by atoms with Crippen LogP contribution in [0.25, 0.3) is 0 Å². The van der Waals surface area contributed by atoms with Gasteiger partial charge in [-0.05, 0) is 44.3 Å². The van der Waals surface area contributed by atoms with Crippen LogP contribution in [0.1, 0.15) is 30.7 Å². The van der Waals surface area contributed by atoms with Crippen LogP contribution in [-0.2, 0) is 0 Å². The summed E-state index contributed by atoms with van der Waals surface area (Å²) in [7, 11) is 4.13. The first kappa shape index (κ1) is 14.2. The van der Waals surface area contributed by atoms with Crippen LogP contribution in [0.15, 0.2) is 12.4 Å². The molecule has 2 rings (SSSR count). The molecule has 1 aliphatic heterocycles. The summed E-state index contributed by atoms with van der Waals surface area (Å²) in [6, 6.07) is 0. The predicted molar refractivity (Wildman–Crippen MR) is 76.5 cm³/mol. The summed E-state index contributed by atoms with van der Waals surface area (Å²) in [6.07, 6.45) is 7.14. The molecular formula is C14H24N4O. The van der Waals surface area contributed by atoms with Gasteiger partial charge in [-0.1, -0.05) is 0 Å². The Labute approximate surface area is 115 Å². The number of hydrogen-bond acceptors (Lipinski definition) is 5. The van der Waals surface area contributed by atoms with E-state index in [9.17, 15) is 0 Å².